The number of para-hydroxylation sites is 1. The van der Waals surface area contributed by atoms with Crippen molar-refractivity contribution in [2.45, 2.75) is 31.6 Å². The standard InChI is InChI=1S/C32H26O2/c1-3-9-21(10-4-1)17-23-13-7-15-25-27-19-28-26-16-8-14-24(18-22-11-5-2-6-12-22)32(26)34-30(28)20-29(27)33-31(23)25/h1-11,14-16,19-20,22-23H,12-13,17-18H2. The Morgan fingerprint density at radius 3 is 2.53 bits per heavy atom. The fraction of sp³-hybridized carbons (Fsp3) is 0.188. The third kappa shape index (κ3) is 3.25. The van der Waals surface area contributed by atoms with Gasteiger partial charge in [0.05, 0.1) is 0 Å². The average molecular weight is 443 g/mol. The maximum absolute atomic E-state index is 6.50. The minimum atomic E-state index is 0.363. The summed E-state index contributed by atoms with van der Waals surface area (Å²) >= 11 is 0. The molecule has 0 bridgehead atoms. The largest absolute Gasteiger partial charge is 0.460 e. The first-order chi connectivity index (χ1) is 16.8. The lowest BCUT2D eigenvalue weighted by molar-refractivity contribution is 0.483. The van der Waals surface area contributed by atoms with Crippen LogP contribution >= 0.6 is 0 Å². The molecule has 2 aromatic heterocycles. The van der Waals surface area contributed by atoms with Crippen molar-refractivity contribution in [2.24, 2.45) is 5.92 Å². The van der Waals surface area contributed by atoms with Gasteiger partial charge in [-0.2, -0.15) is 0 Å². The highest BCUT2D eigenvalue weighted by Gasteiger charge is 2.25. The smallest absolute Gasteiger partial charge is 0.139 e. The van der Waals surface area contributed by atoms with E-state index < -0.39 is 0 Å². The second-order valence-corrected chi connectivity index (χ2v) is 9.66. The van der Waals surface area contributed by atoms with Crippen LogP contribution < -0.4 is 0 Å². The van der Waals surface area contributed by atoms with E-state index >= 15 is 0 Å². The van der Waals surface area contributed by atoms with E-state index in [9.17, 15) is 0 Å². The van der Waals surface area contributed by atoms with Crippen LogP contribution in [0.3, 0.4) is 0 Å². The van der Waals surface area contributed by atoms with Gasteiger partial charge in [-0.1, -0.05) is 85.0 Å². The van der Waals surface area contributed by atoms with Gasteiger partial charge in [-0.15, -0.1) is 0 Å². The molecule has 0 fully saturated rings. The highest BCUT2D eigenvalue weighted by atomic mass is 16.3. The van der Waals surface area contributed by atoms with Gasteiger partial charge in [0.25, 0.3) is 0 Å². The molecule has 0 saturated carbocycles. The molecule has 7 rings (SSSR count). The number of fused-ring (bicyclic) bond motifs is 6. The summed E-state index contributed by atoms with van der Waals surface area (Å²) in [6.07, 6.45) is 17.5. The van der Waals surface area contributed by atoms with Gasteiger partial charge in [0, 0.05) is 33.7 Å². The van der Waals surface area contributed by atoms with Crippen LogP contribution in [0, 0.1) is 5.92 Å². The van der Waals surface area contributed by atoms with Crippen molar-refractivity contribution in [3.8, 4) is 0 Å². The van der Waals surface area contributed by atoms with E-state index in [2.05, 4.69) is 97.1 Å². The van der Waals surface area contributed by atoms with Crippen LogP contribution in [-0.4, -0.2) is 0 Å². The van der Waals surface area contributed by atoms with Crippen molar-refractivity contribution in [1.82, 2.24) is 0 Å². The maximum atomic E-state index is 6.50. The predicted octanol–water partition coefficient (Wildman–Crippen LogP) is 8.75. The molecule has 2 unspecified atom stereocenters. The molecule has 2 aliphatic rings. The van der Waals surface area contributed by atoms with Crippen LogP contribution in [-0.2, 0) is 12.8 Å². The zero-order valence-electron chi connectivity index (χ0n) is 19.0. The molecule has 2 aliphatic carbocycles. The van der Waals surface area contributed by atoms with E-state index in [0.29, 0.717) is 11.8 Å². The normalized spacial score (nSPS) is 19.4. The van der Waals surface area contributed by atoms with Crippen LogP contribution in [0.15, 0.2) is 99.9 Å². The van der Waals surface area contributed by atoms with Gasteiger partial charge in [-0.25, -0.2) is 0 Å². The fourth-order valence-corrected chi connectivity index (χ4v) is 5.72. The lowest BCUT2D eigenvalue weighted by Gasteiger charge is -2.17. The molecule has 2 atom stereocenters. The van der Waals surface area contributed by atoms with E-state index in [1.54, 1.807) is 0 Å². The number of allylic oxidation sites excluding steroid dienone is 5. The first-order valence-electron chi connectivity index (χ1n) is 12.3. The van der Waals surface area contributed by atoms with Crippen LogP contribution in [0.1, 0.15) is 41.2 Å². The summed E-state index contributed by atoms with van der Waals surface area (Å²) in [5, 5.41) is 3.55. The molecule has 2 nitrogen and oxygen atoms in total. The lowest BCUT2D eigenvalue weighted by atomic mass is 9.87. The topological polar surface area (TPSA) is 26.3 Å². The number of hydrogen-bond acceptors (Lipinski definition) is 2. The van der Waals surface area contributed by atoms with Gasteiger partial charge in [0.2, 0.25) is 0 Å². The maximum Gasteiger partial charge on any atom is 0.139 e. The summed E-state index contributed by atoms with van der Waals surface area (Å²) in [6, 6.07) is 21.7. The lowest BCUT2D eigenvalue weighted by Crippen LogP contribution is -2.05. The summed E-state index contributed by atoms with van der Waals surface area (Å²) in [5.41, 5.74) is 6.70. The van der Waals surface area contributed by atoms with E-state index in [0.717, 1.165) is 48.2 Å². The van der Waals surface area contributed by atoms with Crippen LogP contribution in [0.4, 0.5) is 0 Å². The van der Waals surface area contributed by atoms with Crippen molar-refractivity contribution in [3.63, 3.8) is 0 Å². The molecular formula is C32H26O2. The molecule has 2 heterocycles. The highest BCUT2D eigenvalue weighted by Crippen LogP contribution is 2.42. The van der Waals surface area contributed by atoms with E-state index in [1.807, 2.05) is 0 Å². The van der Waals surface area contributed by atoms with Gasteiger partial charge in [-0.3, -0.25) is 0 Å². The Labute approximate surface area is 198 Å². The molecule has 3 aromatic carbocycles. The Balaban J connectivity index is 1.32. The quantitative estimate of drug-likeness (QED) is 0.278. The first kappa shape index (κ1) is 19.7. The van der Waals surface area contributed by atoms with Crippen molar-refractivity contribution in [2.75, 3.05) is 0 Å². The van der Waals surface area contributed by atoms with Gasteiger partial charge in [0.1, 0.15) is 22.5 Å². The van der Waals surface area contributed by atoms with Crippen molar-refractivity contribution < 1.29 is 8.83 Å². The molecule has 0 N–H and O–H groups in total. The Morgan fingerprint density at radius 1 is 0.735 bits per heavy atom. The average Bonchev–Trinajstić information content (AvgIpc) is 3.43. The monoisotopic (exact) mass is 442 g/mol. The zero-order chi connectivity index (χ0) is 22.5. The number of benzene rings is 3. The van der Waals surface area contributed by atoms with Gasteiger partial charge in [0.15, 0.2) is 0 Å². The minimum absolute atomic E-state index is 0.363. The van der Waals surface area contributed by atoms with Gasteiger partial charge >= 0.3 is 0 Å². The first-order valence-corrected chi connectivity index (χ1v) is 12.3. The van der Waals surface area contributed by atoms with Crippen molar-refractivity contribution in [1.29, 1.82) is 0 Å². The Hall–Kier alpha value is -3.78. The zero-order valence-corrected chi connectivity index (χ0v) is 19.0. The third-order valence-corrected chi connectivity index (χ3v) is 7.41. The summed E-state index contributed by atoms with van der Waals surface area (Å²) in [4.78, 5) is 0. The molecule has 5 aromatic rings. The second-order valence-electron chi connectivity index (χ2n) is 9.66. The summed E-state index contributed by atoms with van der Waals surface area (Å²) < 4.78 is 13.0. The molecule has 34 heavy (non-hydrogen) atoms. The highest BCUT2D eigenvalue weighted by molar-refractivity contribution is 6.11. The SMILES string of the molecule is C1=CCC(Cc2cccc3c2oc2cc4oc5c(c4cc23)C=CCC5Cc2ccccc2)C=C1. The van der Waals surface area contributed by atoms with E-state index in [4.69, 9.17) is 8.83 Å². The Kier molecular flexibility index (Phi) is 4.58. The molecule has 166 valence electrons. The van der Waals surface area contributed by atoms with Crippen LogP contribution in [0.2, 0.25) is 0 Å². The second kappa shape index (κ2) is 7.92. The number of hydrogen-bond donors (Lipinski definition) is 0. The van der Waals surface area contributed by atoms with E-state index in [-0.39, 0.29) is 0 Å². The molecule has 0 spiro atoms. The molecule has 0 aliphatic heterocycles. The fourth-order valence-electron chi connectivity index (χ4n) is 5.72. The van der Waals surface area contributed by atoms with Crippen molar-refractivity contribution in [3.05, 3.63) is 113 Å². The molecule has 0 amide bonds. The summed E-state index contributed by atoms with van der Waals surface area (Å²) in [6.45, 7) is 0. The van der Waals surface area contributed by atoms with Crippen LogP contribution in [0.5, 0.6) is 0 Å². The van der Waals surface area contributed by atoms with E-state index in [1.165, 1.54) is 32.8 Å². The third-order valence-electron chi connectivity index (χ3n) is 7.41. The minimum Gasteiger partial charge on any atom is -0.460 e. The Morgan fingerprint density at radius 2 is 1.65 bits per heavy atom. The summed E-state index contributed by atoms with van der Waals surface area (Å²) in [7, 11) is 0. The number of furan rings is 2. The molecular weight excluding hydrogens is 416 g/mol. The van der Waals surface area contributed by atoms with Gasteiger partial charge in [-0.05, 0) is 48.8 Å². The molecule has 0 saturated heterocycles. The number of rotatable bonds is 4. The van der Waals surface area contributed by atoms with Gasteiger partial charge < -0.3 is 8.83 Å². The molecule has 0 radical (unpaired) electrons. The van der Waals surface area contributed by atoms with Crippen LogP contribution in [0.25, 0.3) is 39.0 Å². The Bertz CT molecular complexity index is 1610. The predicted molar refractivity (Wildman–Crippen MR) is 140 cm³/mol. The summed E-state index contributed by atoms with van der Waals surface area (Å²) in [5.74, 6) is 2.00. The van der Waals surface area contributed by atoms with Crippen molar-refractivity contribution >= 4 is 39.0 Å². The molecule has 2 heteroatoms.